The molecule has 0 saturated carbocycles. The first-order valence-corrected chi connectivity index (χ1v) is 10.2. The van der Waals surface area contributed by atoms with Crippen LogP contribution in [0.25, 0.3) is 0 Å². The number of hydrogen-bond donors (Lipinski definition) is 0. The summed E-state index contributed by atoms with van der Waals surface area (Å²) in [6, 6.07) is 16.7. The molecule has 2 unspecified atom stereocenters. The lowest BCUT2D eigenvalue weighted by molar-refractivity contribution is 0.0485. The van der Waals surface area contributed by atoms with Crippen LogP contribution in [0.2, 0.25) is 0 Å². The molecule has 154 valence electrons. The number of hydrogen-bond acceptors (Lipinski definition) is 5. The molecule has 0 spiro atoms. The quantitative estimate of drug-likeness (QED) is 0.693. The molecule has 2 heterocycles. The summed E-state index contributed by atoms with van der Waals surface area (Å²) in [4.78, 5) is 27.6. The summed E-state index contributed by atoms with van der Waals surface area (Å²) in [7, 11) is 1.50. The van der Waals surface area contributed by atoms with Crippen molar-refractivity contribution in [2.45, 2.75) is 44.4 Å². The van der Waals surface area contributed by atoms with Crippen LogP contribution in [0.15, 0.2) is 48.5 Å². The first-order valence-electron chi connectivity index (χ1n) is 10.2. The second-order valence-electron chi connectivity index (χ2n) is 7.89. The Morgan fingerprint density at radius 2 is 1.80 bits per heavy atom. The Bertz CT molecular complexity index is 968. The lowest BCUT2D eigenvalue weighted by Gasteiger charge is -2.37. The zero-order chi connectivity index (χ0) is 21.1. The smallest absolute Gasteiger partial charge is 0.410 e. The number of ether oxygens (including phenoxy) is 2. The van der Waals surface area contributed by atoms with Gasteiger partial charge >= 0.3 is 6.09 Å². The number of ketones is 1. The standard InChI is InChI=1S/C24H24N2O4/c1-29-22-10-7-17(11-19(22)14-25)23(27)18-12-20-8-9-21(13-18)26(20)24(28)30-15-16-5-3-2-4-6-16/h2-7,10-11,18,20-21H,8-9,12-13,15H2,1H3. The molecular formula is C24H24N2O4. The number of piperidine rings is 1. The minimum Gasteiger partial charge on any atom is -0.495 e. The van der Waals surface area contributed by atoms with Gasteiger partial charge in [0, 0.05) is 23.6 Å². The SMILES string of the molecule is COc1ccc(C(=O)C2CC3CCC(C2)N3C(=O)OCc2ccccc2)cc1C#N. The third kappa shape index (κ3) is 3.88. The van der Waals surface area contributed by atoms with E-state index >= 15 is 0 Å². The summed E-state index contributed by atoms with van der Waals surface area (Å²) in [5, 5.41) is 9.29. The Kier molecular flexibility index (Phi) is 5.71. The molecule has 2 aromatic carbocycles. The van der Waals surface area contributed by atoms with Gasteiger partial charge in [0.1, 0.15) is 18.4 Å². The molecule has 0 aromatic heterocycles. The van der Waals surface area contributed by atoms with Gasteiger partial charge in [-0.2, -0.15) is 5.26 Å². The van der Waals surface area contributed by atoms with Crippen molar-refractivity contribution in [3.05, 3.63) is 65.2 Å². The molecule has 2 saturated heterocycles. The van der Waals surface area contributed by atoms with Gasteiger partial charge in [0.2, 0.25) is 0 Å². The van der Waals surface area contributed by atoms with Crippen LogP contribution < -0.4 is 4.74 Å². The molecule has 2 aliphatic rings. The third-order valence-electron chi connectivity index (χ3n) is 6.12. The van der Waals surface area contributed by atoms with Crippen molar-refractivity contribution in [2.24, 2.45) is 5.92 Å². The number of benzene rings is 2. The maximum atomic E-state index is 13.1. The first-order chi connectivity index (χ1) is 14.6. The van der Waals surface area contributed by atoms with E-state index in [-0.39, 0.29) is 36.5 Å². The highest BCUT2D eigenvalue weighted by atomic mass is 16.6. The van der Waals surface area contributed by atoms with E-state index < -0.39 is 0 Å². The molecule has 6 heteroatoms. The van der Waals surface area contributed by atoms with Crippen molar-refractivity contribution < 1.29 is 19.1 Å². The molecule has 2 bridgehead atoms. The first kappa shape index (κ1) is 20.0. The molecule has 2 atom stereocenters. The fraction of sp³-hybridized carbons (Fsp3) is 0.375. The van der Waals surface area contributed by atoms with E-state index in [4.69, 9.17) is 9.47 Å². The number of amides is 1. The van der Waals surface area contributed by atoms with Crippen LogP contribution in [0, 0.1) is 17.2 Å². The zero-order valence-corrected chi connectivity index (χ0v) is 16.9. The van der Waals surface area contributed by atoms with Crippen molar-refractivity contribution in [3.8, 4) is 11.8 Å². The Morgan fingerprint density at radius 1 is 1.10 bits per heavy atom. The number of Topliss-reactive ketones (excluding diaryl/α,β-unsaturated/α-hetero) is 1. The highest BCUT2D eigenvalue weighted by molar-refractivity contribution is 5.98. The largest absolute Gasteiger partial charge is 0.495 e. The maximum Gasteiger partial charge on any atom is 0.410 e. The van der Waals surface area contributed by atoms with Crippen LogP contribution in [0.4, 0.5) is 4.79 Å². The maximum absolute atomic E-state index is 13.1. The highest BCUT2D eigenvalue weighted by Crippen LogP contribution is 2.40. The molecule has 2 fully saturated rings. The summed E-state index contributed by atoms with van der Waals surface area (Å²) in [5.41, 5.74) is 1.83. The average Bonchev–Trinajstić information content (AvgIpc) is 3.06. The molecule has 4 rings (SSSR count). The van der Waals surface area contributed by atoms with Gasteiger partial charge in [-0.15, -0.1) is 0 Å². The predicted octanol–water partition coefficient (Wildman–Crippen LogP) is 4.33. The van der Waals surface area contributed by atoms with E-state index in [1.165, 1.54) is 7.11 Å². The van der Waals surface area contributed by atoms with E-state index in [0.29, 0.717) is 29.7 Å². The van der Waals surface area contributed by atoms with Gasteiger partial charge in [-0.25, -0.2) is 4.79 Å². The van der Waals surface area contributed by atoms with Gasteiger partial charge in [0.25, 0.3) is 0 Å². The summed E-state index contributed by atoms with van der Waals surface area (Å²) >= 11 is 0. The summed E-state index contributed by atoms with van der Waals surface area (Å²) < 4.78 is 10.7. The molecular weight excluding hydrogens is 380 g/mol. The number of nitrogens with zero attached hydrogens (tertiary/aromatic N) is 2. The van der Waals surface area contributed by atoms with Crippen LogP contribution in [-0.4, -0.2) is 36.0 Å². The molecule has 30 heavy (non-hydrogen) atoms. The van der Waals surface area contributed by atoms with Crippen molar-refractivity contribution >= 4 is 11.9 Å². The second kappa shape index (κ2) is 8.58. The molecule has 0 N–H and O–H groups in total. The number of nitriles is 1. The average molecular weight is 404 g/mol. The Hall–Kier alpha value is -3.33. The fourth-order valence-electron chi connectivity index (χ4n) is 4.67. The van der Waals surface area contributed by atoms with Crippen LogP contribution in [-0.2, 0) is 11.3 Å². The van der Waals surface area contributed by atoms with Crippen molar-refractivity contribution in [2.75, 3.05) is 7.11 Å². The van der Waals surface area contributed by atoms with Crippen LogP contribution >= 0.6 is 0 Å². The minimum absolute atomic E-state index is 0.0228. The van der Waals surface area contributed by atoms with Crippen LogP contribution in [0.1, 0.15) is 47.2 Å². The van der Waals surface area contributed by atoms with Gasteiger partial charge in [-0.1, -0.05) is 30.3 Å². The summed E-state index contributed by atoms with van der Waals surface area (Å²) in [5.74, 6) is 0.342. The fourth-order valence-corrected chi connectivity index (χ4v) is 4.67. The molecule has 1 amide bonds. The number of carbonyl (C=O) groups is 2. The van der Waals surface area contributed by atoms with E-state index in [1.54, 1.807) is 18.2 Å². The molecule has 2 aromatic rings. The molecule has 0 aliphatic carbocycles. The highest BCUT2D eigenvalue weighted by Gasteiger charge is 2.46. The van der Waals surface area contributed by atoms with E-state index in [2.05, 4.69) is 6.07 Å². The number of fused-ring (bicyclic) bond motifs is 2. The lowest BCUT2D eigenvalue weighted by atomic mass is 9.84. The van der Waals surface area contributed by atoms with Gasteiger partial charge in [0.15, 0.2) is 5.78 Å². The molecule has 2 aliphatic heterocycles. The monoisotopic (exact) mass is 404 g/mol. The minimum atomic E-state index is -0.298. The Balaban J connectivity index is 1.42. The van der Waals surface area contributed by atoms with Gasteiger partial charge in [-0.05, 0) is 49.4 Å². The van der Waals surface area contributed by atoms with Crippen molar-refractivity contribution in [3.63, 3.8) is 0 Å². The van der Waals surface area contributed by atoms with Gasteiger partial charge in [0.05, 0.1) is 12.7 Å². The number of rotatable bonds is 5. The third-order valence-corrected chi connectivity index (χ3v) is 6.12. The van der Waals surface area contributed by atoms with E-state index in [1.807, 2.05) is 35.2 Å². The number of carbonyl (C=O) groups excluding carboxylic acids is 2. The van der Waals surface area contributed by atoms with E-state index in [9.17, 15) is 14.9 Å². The Morgan fingerprint density at radius 3 is 2.43 bits per heavy atom. The van der Waals surface area contributed by atoms with Crippen molar-refractivity contribution in [1.82, 2.24) is 4.90 Å². The summed E-state index contributed by atoms with van der Waals surface area (Å²) in [6.45, 7) is 0.251. The Labute approximate surface area is 176 Å². The second-order valence-corrected chi connectivity index (χ2v) is 7.89. The van der Waals surface area contributed by atoms with Crippen molar-refractivity contribution in [1.29, 1.82) is 5.26 Å². The lowest BCUT2D eigenvalue weighted by Crippen LogP contribution is -2.48. The zero-order valence-electron chi connectivity index (χ0n) is 16.9. The topological polar surface area (TPSA) is 79.6 Å². The predicted molar refractivity (Wildman–Crippen MR) is 110 cm³/mol. The summed E-state index contributed by atoms with van der Waals surface area (Å²) in [6.07, 6.45) is 2.74. The normalized spacial score (nSPS) is 22.3. The van der Waals surface area contributed by atoms with Crippen LogP contribution in [0.3, 0.4) is 0 Å². The van der Waals surface area contributed by atoms with E-state index in [0.717, 1.165) is 18.4 Å². The van der Waals surface area contributed by atoms with Gasteiger partial charge < -0.3 is 14.4 Å². The molecule has 0 radical (unpaired) electrons. The van der Waals surface area contributed by atoms with Crippen LogP contribution in [0.5, 0.6) is 5.75 Å². The van der Waals surface area contributed by atoms with Gasteiger partial charge in [-0.3, -0.25) is 4.79 Å². The number of methoxy groups -OCH3 is 1. The molecule has 6 nitrogen and oxygen atoms in total.